The Balaban J connectivity index is 1.65. The van der Waals surface area contributed by atoms with E-state index in [1.54, 1.807) is 0 Å². The number of fused-ring (bicyclic) bond motifs is 1. The third-order valence-electron chi connectivity index (χ3n) is 4.85. The molecule has 5 heteroatoms. The summed E-state index contributed by atoms with van der Waals surface area (Å²) >= 11 is 0. The molecule has 21 heavy (non-hydrogen) atoms. The van der Waals surface area contributed by atoms with E-state index < -0.39 is 0 Å². The van der Waals surface area contributed by atoms with Gasteiger partial charge >= 0.3 is 0 Å². The molecule has 0 bridgehead atoms. The topological polar surface area (TPSA) is 57.7 Å². The lowest BCUT2D eigenvalue weighted by Crippen LogP contribution is -2.43. The van der Waals surface area contributed by atoms with Crippen LogP contribution in [0.2, 0.25) is 0 Å². The fourth-order valence-electron chi connectivity index (χ4n) is 3.58. The molecule has 5 nitrogen and oxygen atoms in total. The van der Waals surface area contributed by atoms with Crippen LogP contribution >= 0.6 is 0 Å². The Morgan fingerprint density at radius 3 is 2.00 bits per heavy atom. The van der Waals surface area contributed by atoms with Gasteiger partial charge in [-0.15, -0.1) is 0 Å². The van der Waals surface area contributed by atoms with Crippen molar-refractivity contribution in [2.45, 2.75) is 38.5 Å². The van der Waals surface area contributed by atoms with Gasteiger partial charge in [-0.1, -0.05) is 25.0 Å². The molecule has 0 aromatic carbocycles. The van der Waals surface area contributed by atoms with Gasteiger partial charge in [-0.25, -0.2) is 0 Å². The van der Waals surface area contributed by atoms with Gasteiger partial charge < -0.3 is 4.90 Å². The largest absolute Gasteiger partial charge is 0.341 e. The van der Waals surface area contributed by atoms with Crippen molar-refractivity contribution in [2.75, 3.05) is 19.6 Å². The summed E-state index contributed by atoms with van der Waals surface area (Å²) < 4.78 is 0. The number of carbonyl (C=O) groups excluding carboxylic acids is 3. The number of likely N-dealkylation sites (tertiary alicyclic amines) is 2. The Hall–Kier alpha value is -1.65. The van der Waals surface area contributed by atoms with Crippen molar-refractivity contribution in [3.8, 4) is 0 Å². The first-order valence-corrected chi connectivity index (χ1v) is 7.96. The van der Waals surface area contributed by atoms with Crippen LogP contribution in [0.25, 0.3) is 0 Å². The predicted molar refractivity (Wildman–Crippen MR) is 77.1 cm³/mol. The Bertz CT molecular complexity index is 452. The maximum Gasteiger partial charge on any atom is 0.242 e. The highest BCUT2D eigenvalue weighted by molar-refractivity contribution is 6.07. The number of imide groups is 1. The minimum absolute atomic E-state index is 0.0648. The summed E-state index contributed by atoms with van der Waals surface area (Å²) in [6.07, 6.45) is 9.53. The molecule has 0 aromatic heterocycles. The standard InChI is InChI=1S/C16H22N2O3/c19-14(17-9-5-1-2-6-10-17)11-18-15(20)12-7-3-4-8-13(12)16(18)21/h3-4,12-13H,1-2,5-11H2. The van der Waals surface area contributed by atoms with Crippen molar-refractivity contribution in [1.82, 2.24) is 9.80 Å². The average molecular weight is 290 g/mol. The molecule has 2 heterocycles. The molecular formula is C16H22N2O3. The molecule has 0 radical (unpaired) electrons. The van der Waals surface area contributed by atoms with Gasteiger partial charge in [0, 0.05) is 13.1 Å². The molecule has 114 valence electrons. The maximum absolute atomic E-state index is 12.4. The lowest BCUT2D eigenvalue weighted by atomic mass is 9.85. The van der Waals surface area contributed by atoms with Gasteiger partial charge in [0.15, 0.2) is 0 Å². The molecule has 0 aromatic rings. The zero-order valence-corrected chi connectivity index (χ0v) is 12.3. The Labute approximate surface area is 125 Å². The molecule has 3 rings (SSSR count). The van der Waals surface area contributed by atoms with E-state index in [4.69, 9.17) is 0 Å². The molecule has 2 atom stereocenters. The van der Waals surface area contributed by atoms with E-state index in [2.05, 4.69) is 0 Å². The molecule has 0 saturated carbocycles. The van der Waals surface area contributed by atoms with Crippen LogP contribution in [0, 0.1) is 11.8 Å². The zero-order valence-electron chi connectivity index (χ0n) is 12.3. The second-order valence-electron chi connectivity index (χ2n) is 6.21. The number of carbonyl (C=O) groups is 3. The molecule has 2 aliphatic heterocycles. The quantitative estimate of drug-likeness (QED) is 0.569. The SMILES string of the molecule is O=C(CN1C(=O)C2CC=CCC2C1=O)N1CCCCCC1. The summed E-state index contributed by atoms with van der Waals surface area (Å²) in [5, 5.41) is 0. The average Bonchev–Trinajstić information content (AvgIpc) is 2.72. The van der Waals surface area contributed by atoms with Crippen LogP contribution in [-0.2, 0) is 14.4 Å². The van der Waals surface area contributed by atoms with Crippen LogP contribution in [0.4, 0.5) is 0 Å². The first kappa shape index (κ1) is 14.3. The molecule has 1 aliphatic carbocycles. The van der Waals surface area contributed by atoms with E-state index in [0.717, 1.165) is 38.8 Å². The van der Waals surface area contributed by atoms with Crippen LogP contribution in [-0.4, -0.2) is 47.2 Å². The predicted octanol–water partition coefficient (Wildman–Crippen LogP) is 1.34. The number of rotatable bonds is 2. The lowest BCUT2D eigenvalue weighted by molar-refractivity contribution is -0.146. The van der Waals surface area contributed by atoms with Gasteiger partial charge in [-0.2, -0.15) is 0 Å². The second-order valence-corrected chi connectivity index (χ2v) is 6.21. The van der Waals surface area contributed by atoms with Crippen molar-refractivity contribution in [3.63, 3.8) is 0 Å². The van der Waals surface area contributed by atoms with Gasteiger partial charge in [0.1, 0.15) is 6.54 Å². The summed E-state index contributed by atoms with van der Waals surface area (Å²) in [6, 6.07) is 0. The molecule has 3 amide bonds. The second kappa shape index (κ2) is 6.00. The van der Waals surface area contributed by atoms with Gasteiger partial charge in [-0.3, -0.25) is 19.3 Å². The summed E-state index contributed by atoms with van der Waals surface area (Å²) in [5.41, 5.74) is 0. The lowest BCUT2D eigenvalue weighted by Gasteiger charge is -2.23. The highest BCUT2D eigenvalue weighted by Gasteiger charge is 2.47. The molecule has 3 aliphatic rings. The maximum atomic E-state index is 12.4. The van der Waals surface area contributed by atoms with Crippen molar-refractivity contribution in [3.05, 3.63) is 12.2 Å². The number of amides is 3. The number of hydrogen-bond acceptors (Lipinski definition) is 3. The van der Waals surface area contributed by atoms with E-state index in [1.807, 2.05) is 17.1 Å². The van der Waals surface area contributed by atoms with Crippen LogP contribution in [0.5, 0.6) is 0 Å². The number of allylic oxidation sites excluding steroid dienone is 2. The normalized spacial score (nSPS) is 29.5. The minimum Gasteiger partial charge on any atom is -0.341 e. The van der Waals surface area contributed by atoms with E-state index >= 15 is 0 Å². The monoisotopic (exact) mass is 290 g/mol. The molecule has 0 N–H and O–H groups in total. The minimum atomic E-state index is -0.237. The van der Waals surface area contributed by atoms with Crippen LogP contribution in [0.1, 0.15) is 38.5 Å². The summed E-state index contributed by atoms with van der Waals surface area (Å²) in [4.78, 5) is 40.1. The molecule has 2 fully saturated rings. The smallest absolute Gasteiger partial charge is 0.242 e. The highest BCUT2D eigenvalue weighted by atomic mass is 16.2. The first-order valence-electron chi connectivity index (χ1n) is 7.96. The molecule has 2 saturated heterocycles. The van der Waals surface area contributed by atoms with Gasteiger partial charge in [0.05, 0.1) is 11.8 Å². The summed E-state index contributed by atoms with van der Waals surface area (Å²) in [7, 11) is 0. The Morgan fingerprint density at radius 1 is 0.952 bits per heavy atom. The van der Waals surface area contributed by atoms with Gasteiger partial charge in [0.25, 0.3) is 0 Å². The van der Waals surface area contributed by atoms with Crippen LogP contribution in [0.15, 0.2) is 12.2 Å². The van der Waals surface area contributed by atoms with Gasteiger partial charge in [-0.05, 0) is 25.7 Å². The van der Waals surface area contributed by atoms with E-state index in [-0.39, 0.29) is 36.1 Å². The number of hydrogen-bond donors (Lipinski definition) is 0. The fraction of sp³-hybridized carbons (Fsp3) is 0.688. The summed E-state index contributed by atoms with van der Waals surface area (Å²) in [5.74, 6) is -0.862. The molecule has 0 spiro atoms. The van der Waals surface area contributed by atoms with Crippen LogP contribution in [0.3, 0.4) is 0 Å². The first-order chi connectivity index (χ1) is 10.2. The third kappa shape index (κ3) is 2.74. The number of nitrogens with zero attached hydrogens (tertiary/aromatic N) is 2. The van der Waals surface area contributed by atoms with Crippen molar-refractivity contribution in [1.29, 1.82) is 0 Å². The summed E-state index contributed by atoms with van der Waals surface area (Å²) in [6.45, 7) is 1.44. The molecule has 2 unspecified atom stereocenters. The van der Waals surface area contributed by atoms with E-state index in [0.29, 0.717) is 12.8 Å². The Morgan fingerprint density at radius 2 is 1.48 bits per heavy atom. The molecular weight excluding hydrogens is 268 g/mol. The van der Waals surface area contributed by atoms with Crippen LogP contribution < -0.4 is 0 Å². The fourth-order valence-corrected chi connectivity index (χ4v) is 3.58. The van der Waals surface area contributed by atoms with E-state index in [1.165, 1.54) is 4.90 Å². The highest BCUT2D eigenvalue weighted by Crippen LogP contribution is 2.34. The van der Waals surface area contributed by atoms with Crippen molar-refractivity contribution in [2.24, 2.45) is 11.8 Å². The van der Waals surface area contributed by atoms with Crippen molar-refractivity contribution < 1.29 is 14.4 Å². The van der Waals surface area contributed by atoms with Gasteiger partial charge in [0.2, 0.25) is 17.7 Å². The van der Waals surface area contributed by atoms with Crippen molar-refractivity contribution >= 4 is 17.7 Å². The zero-order chi connectivity index (χ0) is 14.8. The Kier molecular flexibility index (Phi) is 4.08. The van der Waals surface area contributed by atoms with E-state index in [9.17, 15) is 14.4 Å². The third-order valence-corrected chi connectivity index (χ3v) is 4.85.